The Kier molecular flexibility index (Phi) is 10.4. The summed E-state index contributed by atoms with van der Waals surface area (Å²) in [5, 5.41) is 13.4. The Hall–Kier alpha value is -5.03. The van der Waals surface area contributed by atoms with Crippen LogP contribution in [-0.2, 0) is 16.6 Å². The van der Waals surface area contributed by atoms with Crippen LogP contribution in [0.2, 0.25) is 0 Å². The van der Waals surface area contributed by atoms with E-state index >= 15 is 0 Å². The minimum atomic E-state index is -3.74. The molecule has 0 aliphatic carbocycles. The fourth-order valence-electron chi connectivity index (χ4n) is 6.56. The van der Waals surface area contributed by atoms with E-state index in [1.165, 1.54) is 5.56 Å². The molecule has 51 heavy (non-hydrogen) atoms. The molecule has 9 nitrogen and oxygen atoms in total. The molecule has 0 unspecified atom stereocenters. The Morgan fingerprint density at radius 2 is 1.59 bits per heavy atom. The fraction of sp³-hybridized carbons (Fsp3) is 0.268. The Bertz CT molecular complexity index is 2150. The van der Waals surface area contributed by atoms with Crippen molar-refractivity contribution in [3.8, 4) is 11.5 Å². The van der Waals surface area contributed by atoms with Crippen LogP contribution < -0.4 is 19.1 Å². The van der Waals surface area contributed by atoms with Gasteiger partial charge in [-0.1, -0.05) is 67.9 Å². The van der Waals surface area contributed by atoms with E-state index in [2.05, 4.69) is 50.7 Å². The van der Waals surface area contributed by atoms with Crippen molar-refractivity contribution >= 4 is 43.2 Å². The van der Waals surface area contributed by atoms with Crippen molar-refractivity contribution in [1.82, 2.24) is 9.88 Å². The van der Waals surface area contributed by atoms with Gasteiger partial charge in [0.05, 0.1) is 17.0 Å². The number of fused-ring (bicyclic) bond motifs is 3. The van der Waals surface area contributed by atoms with Gasteiger partial charge in [0.15, 0.2) is 0 Å². The molecule has 1 saturated heterocycles. The van der Waals surface area contributed by atoms with Crippen LogP contribution in [0.5, 0.6) is 11.5 Å². The number of benzene rings is 5. The Morgan fingerprint density at radius 3 is 2.35 bits per heavy atom. The third-order valence-corrected chi connectivity index (χ3v) is 10.8. The van der Waals surface area contributed by atoms with Gasteiger partial charge in [-0.3, -0.25) is 9.62 Å². The quantitative estimate of drug-likeness (QED) is 0.0900. The van der Waals surface area contributed by atoms with Crippen molar-refractivity contribution in [2.75, 3.05) is 42.5 Å². The lowest BCUT2D eigenvalue weighted by Gasteiger charge is -2.47. The van der Waals surface area contributed by atoms with E-state index in [-0.39, 0.29) is 17.5 Å². The molecule has 10 heteroatoms. The van der Waals surface area contributed by atoms with Crippen molar-refractivity contribution < 1.29 is 23.0 Å². The molecule has 5 aromatic carbocycles. The topological polar surface area (TPSA) is 107 Å². The van der Waals surface area contributed by atoms with Gasteiger partial charge in [0, 0.05) is 59.9 Å². The number of nitrogens with one attached hydrogen (secondary N) is 2. The molecule has 0 radical (unpaired) electrons. The molecular weight excluding hydrogens is 661 g/mol. The number of aromatic nitrogens is 1. The summed E-state index contributed by atoms with van der Waals surface area (Å²) in [7, 11) is -3.74. The number of para-hydroxylation sites is 1. The smallest absolute Gasteiger partial charge is 0.261 e. The molecule has 0 saturated carbocycles. The number of aliphatic hydroxyl groups excluding tert-OH is 1. The third-order valence-electron chi connectivity index (χ3n) is 9.36. The maximum atomic E-state index is 13.0. The average Bonchev–Trinajstić information content (AvgIpc) is 3.51. The summed E-state index contributed by atoms with van der Waals surface area (Å²) in [4.78, 5) is 8.22. The number of hydrogen-bond donors (Lipinski definition) is 3. The van der Waals surface area contributed by atoms with Crippen LogP contribution in [0.25, 0.3) is 21.8 Å². The first kappa shape index (κ1) is 34.4. The highest BCUT2D eigenvalue weighted by molar-refractivity contribution is 7.92. The Labute approximate surface area is 299 Å². The molecule has 1 fully saturated rings. The predicted molar refractivity (Wildman–Crippen MR) is 204 cm³/mol. The number of hydrogen-bond acceptors (Lipinski definition) is 7. The van der Waals surface area contributed by atoms with Crippen molar-refractivity contribution in [2.45, 2.75) is 43.4 Å². The zero-order valence-electron chi connectivity index (χ0n) is 28.7. The van der Waals surface area contributed by atoms with E-state index in [1.807, 2.05) is 60.7 Å². The molecule has 1 aliphatic heterocycles. The molecule has 1 aromatic heterocycles. The van der Waals surface area contributed by atoms with Crippen molar-refractivity contribution in [1.29, 1.82) is 0 Å². The van der Waals surface area contributed by atoms with E-state index < -0.39 is 16.1 Å². The number of ether oxygens (including phenoxy) is 2. The lowest BCUT2D eigenvalue weighted by molar-refractivity contribution is 0.0423. The van der Waals surface area contributed by atoms with E-state index in [0.29, 0.717) is 31.1 Å². The normalized spacial score (nSPS) is 14.1. The molecule has 264 valence electrons. The van der Waals surface area contributed by atoms with Crippen LogP contribution in [0.3, 0.4) is 0 Å². The monoisotopic (exact) mass is 704 g/mol. The minimum Gasteiger partial charge on any atom is -0.494 e. The molecule has 0 bridgehead atoms. The van der Waals surface area contributed by atoms with Gasteiger partial charge >= 0.3 is 0 Å². The molecule has 6 aromatic rings. The second-order valence-electron chi connectivity index (χ2n) is 13.1. The number of rotatable bonds is 16. The molecule has 0 spiro atoms. The lowest BCUT2D eigenvalue weighted by Crippen LogP contribution is -2.60. The van der Waals surface area contributed by atoms with Gasteiger partial charge < -0.3 is 24.5 Å². The molecule has 2 heterocycles. The first-order valence-corrected chi connectivity index (χ1v) is 19.0. The Morgan fingerprint density at radius 1 is 0.863 bits per heavy atom. The van der Waals surface area contributed by atoms with Crippen LogP contribution in [-0.4, -0.2) is 68.4 Å². The summed E-state index contributed by atoms with van der Waals surface area (Å²) in [6, 6.07) is 38.6. The standard InChI is InChI=1S/C41H44N4O5S/c1-2-3-24-49-35-20-22-36(23-21-35)51(47,48)43-31-16-18-32(19-17-31)45-26-33(27-45)44(25-30-10-5-4-6-11-30)28-34(46)29-50-40-15-9-14-39-41(40)37-12-7-8-13-38(37)42-39/h4-23,33-34,42-43,46H,2-3,24-29H2,1H3/t34-/m0/s1. The van der Waals surface area contributed by atoms with Gasteiger partial charge in [-0.15, -0.1) is 0 Å². The molecule has 3 N–H and O–H groups in total. The maximum Gasteiger partial charge on any atom is 0.261 e. The number of anilines is 2. The molecular formula is C41H44N4O5S. The van der Waals surface area contributed by atoms with Crippen LogP contribution in [0, 0.1) is 0 Å². The number of sulfonamides is 1. The van der Waals surface area contributed by atoms with Gasteiger partial charge in [-0.2, -0.15) is 0 Å². The average molecular weight is 705 g/mol. The number of H-pyrrole nitrogens is 1. The summed E-state index contributed by atoms with van der Waals surface area (Å²) in [6.07, 6.45) is 1.29. The minimum absolute atomic E-state index is 0.175. The number of aliphatic hydroxyl groups is 1. The number of unbranched alkanes of at least 4 members (excludes halogenated alkanes) is 1. The zero-order valence-corrected chi connectivity index (χ0v) is 29.6. The van der Waals surface area contributed by atoms with E-state index in [4.69, 9.17) is 9.47 Å². The van der Waals surface area contributed by atoms with Crippen molar-refractivity contribution in [3.05, 3.63) is 127 Å². The second-order valence-corrected chi connectivity index (χ2v) is 14.8. The van der Waals surface area contributed by atoms with Crippen LogP contribution >= 0.6 is 0 Å². The highest BCUT2D eigenvalue weighted by Gasteiger charge is 2.33. The third kappa shape index (κ3) is 8.14. The fourth-order valence-corrected chi connectivity index (χ4v) is 7.62. The SMILES string of the molecule is CCCCOc1ccc(S(=O)(=O)Nc2ccc(N3CC(N(Cc4ccccc4)C[C@H](O)COc4cccc5[nH]c6ccccc6c45)C3)cc2)cc1. The Balaban J connectivity index is 0.964. The number of aromatic amines is 1. The predicted octanol–water partition coefficient (Wildman–Crippen LogP) is 7.43. The van der Waals surface area contributed by atoms with Crippen LogP contribution in [0.4, 0.5) is 11.4 Å². The zero-order chi connectivity index (χ0) is 35.2. The largest absolute Gasteiger partial charge is 0.494 e. The summed E-state index contributed by atoms with van der Waals surface area (Å²) >= 11 is 0. The number of nitrogens with zero attached hydrogens (tertiary/aromatic N) is 2. The van der Waals surface area contributed by atoms with Gasteiger partial charge in [-0.25, -0.2) is 8.42 Å². The van der Waals surface area contributed by atoms with Gasteiger partial charge in [0.1, 0.15) is 24.2 Å². The second kappa shape index (κ2) is 15.5. The molecule has 1 aliphatic rings. The van der Waals surface area contributed by atoms with Gasteiger partial charge in [-0.05, 0) is 78.7 Å². The summed E-state index contributed by atoms with van der Waals surface area (Å²) < 4.78 is 40.7. The molecule has 0 amide bonds. The molecule has 1 atom stereocenters. The maximum absolute atomic E-state index is 13.0. The van der Waals surface area contributed by atoms with E-state index in [9.17, 15) is 13.5 Å². The van der Waals surface area contributed by atoms with Gasteiger partial charge in [0.2, 0.25) is 0 Å². The summed E-state index contributed by atoms with van der Waals surface area (Å²) in [6.45, 7) is 5.62. The van der Waals surface area contributed by atoms with Crippen molar-refractivity contribution in [2.24, 2.45) is 0 Å². The summed E-state index contributed by atoms with van der Waals surface area (Å²) in [5.74, 6) is 1.41. The van der Waals surface area contributed by atoms with Crippen LogP contribution in [0.1, 0.15) is 25.3 Å². The van der Waals surface area contributed by atoms with E-state index in [1.54, 1.807) is 36.4 Å². The highest BCUT2D eigenvalue weighted by atomic mass is 32.2. The van der Waals surface area contributed by atoms with Gasteiger partial charge in [0.25, 0.3) is 10.0 Å². The van der Waals surface area contributed by atoms with Crippen molar-refractivity contribution in [3.63, 3.8) is 0 Å². The van der Waals surface area contributed by atoms with E-state index in [0.717, 1.165) is 59.2 Å². The molecule has 7 rings (SSSR count). The summed E-state index contributed by atoms with van der Waals surface area (Å²) in [5.41, 5.74) is 4.75. The van der Waals surface area contributed by atoms with Crippen LogP contribution in [0.15, 0.2) is 126 Å². The highest BCUT2D eigenvalue weighted by Crippen LogP contribution is 2.33. The first-order valence-electron chi connectivity index (χ1n) is 17.6. The lowest BCUT2D eigenvalue weighted by atomic mass is 10.0. The first-order chi connectivity index (χ1) is 24.9.